The third kappa shape index (κ3) is 4.78. The number of para-hydroxylation sites is 1. The van der Waals surface area contributed by atoms with Gasteiger partial charge in [0.2, 0.25) is 11.8 Å². The van der Waals surface area contributed by atoms with Crippen LogP contribution in [0.25, 0.3) is 0 Å². The molecule has 0 bridgehead atoms. The molecule has 0 aliphatic carbocycles. The van der Waals surface area contributed by atoms with Gasteiger partial charge in [0.25, 0.3) is 5.91 Å². The molecule has 0 aromatic heterocycles. The zero-order chi connectivity index (χ0) is 31.2. The Morgan fingerprint density at radius 3 is 2.32 bits per heavy atom. The summed E-state index contributed by atoms with van der Waals surface area (Å²) in [6.45, 7) is 6.68. The summed E-state index contributed by atoms with van der Waals surface area (Å²) in [5, 5.41) is 11.0. The predicted octanol–water partition coefficient (Wildman–Crippen LogP) is 4.61. The number of ether oxygens (including phenoxy) is 1. The molecule has 1 N–H and O–H groups in total. The minimum atomic E-state index is -1.41. The van der Waals surface area contributed by atoms with Crippen molar-refractivity contribution in [2.45, 2.75) is 63.4 Å². The fraction of sp³-hybridized carbons (Fsp3) is 0.457. The van der Waals surface area contributed by atoms with E-state index in [4.69, 9.17) is 16.3 Å². The van der Waals surface area contributed by atoms with E-state index in [1.165, 1.54) is 4.90 Å². The van der Waals surface area contributed by atoms with Crippen LogP contribution in [0.1, 0.15) is 39.2 Å². The van der Waals surface area contributed by atoms with Gasteiger partial charge in [-0.25, -0.2) is 0 Å². The normalized spacial score (nSPS) is 30.4. The summed E-state index contributed by atoms with van der Waals surface area (Å²) in [6.07, 6.45) is 8.52. The first-order valence-electron chi connectivity index (χ1n) is 15.5. The second-order valence-corrected chi connectivity index (χ2v) is 13.2. The molecule has 1 unspecified atom stereocenters. The number of carbonyl (C=O) groups excluding carboxylic acids is 3. The molecule has 4 aliphatic rings. The molecule has 0 radical (unpaired) electrons. The van der Waals surface area contributed by atoms with Gasteiger partial charge in [0, 0.05) is 19.6 Å². The topological polar surface area (TPSA) is 90.4 Å². The molecule has 0 saturated carbocycles. The molecule has 232 valence electrons. The molecule has 3 amide bonds. The van der Waals surface area contributed by atoms with Gasteiger partial charge in [0.1, 0.15) is 11.6 Å². The summed E-state index contributed by atoms with van der Waals surface area (Å²) < 4.78 is 7.09. The molecule has 6 rings (SSSR count). The second-order valence-electron chi connectivity index (χ2n) is 12.7. The third-order valence-corrected chi connectivity index (χ3v) is 9.99. The van der Waals surface area contributed by atoms with Crippen LogP contribution in [0, 0.1) is 17.8 Å². The molecule has 9 heteroatoms. The van der Waals surface area contributed by atoms with Crippen molar-refractivity contribution < 1.29 is 24.2 Å². The van der Waals surface area contributed by atoms with Gasteiger partial charge < -0.3 is 24.5 Å². The molecule has 6 atom stereocenters. The zero-order valence-electron chi connectivity index (χ0n) is 25.4. The van der Waals surface area contributed by atoms with E-state index < -0.39 is 35.1 Å². The number of hydrogen-bond acceptors (Lipinski definition) is 5. The van der Waals surface area contributed by atoms with Gasteiger partial charge in [-0.15, -0.1) is 0 Å². The van der Waals surface area contributed by atoms with Gasteiger partial charge in [0.15, 0.2) is 0 Å². The summed E-state index contributed by atoms with van der Waals surface area (Å²) in [5.41, 5.74) is -0.973. The molecule has 2 saturated heterocycles. The highest BCUT2D eigenvalue weighted by molar-refractivity contribution is 6.34. The fourth-order valence-corrected chi connectivity index (χ4v) is 8.03. The Morgan fingerprint density at radius 1 is 0.932 bits per heavy atom. The van der Waals surface area contributed by atoms with E-state index in [2.05, 4.69) is 0 Å². The minimum Gasteiger partial charge on any atom is -0.394 e. The van der Waals surface area contributed by atoms with Crippen molar-refractivity contribution in [1.82, 2.24) is 9.80 Å². The Bertz CT molecular complexity index is 1490. The lowest BCUT2D eigenvalue weighted by Crippen LogP contribution is -2.59. The first-order chi connectivity index (χ1) is 21.2. The quantitative estimate of drug-likeness (QED) is 0.437. The Morgan fingerprint density at radius 2 is 1.64 bits per heavy atom. The van der Waals surface area contributed by atoms with Gasteiger partial charge in [-0.3, -0.25) is 14.4 Å². The van der Waals surface area contributed by atoms with Gasteiger partial charge in [-0.1, -0.05) is 99.1 Å². The molecular weight excluding hydrogens is 578 g/mol. The van der Waals surface area contributed by atoms with E-state index in [0.29, 0.717) is 36.6 Å². The molecule has 2 aromatic carbocycles. The lowest BCUT2D eigenvalue weighted by molar-refractivity contribution is -0.153. The van der Waals surface area contributed by atoms with Crippen molar-refractivity contribution in [2.75, 3.05) is 24.6 Å². The van der Waals surface area contributed by atoms with Gasteiger partial charge in [0.05, 0.1) is 40.8 Å². The summed E-state index contributed by atoms with van der Waals surface area (Å²) >= 11 is 6.59. The maximum absolute atomic E-state index is 14.8. The number of amides is 3. The van der Waals surface area contributed by atoms with Crippen LogP contribution in [0.5, 0.6) is 0 Å². The summed E-state index contributed by atoms with van der Waals surface area (Å²) in [5.74, 6) is -2.51. The summed E-state index contributed by atoms with van der Waals surface area (Å²) in [4.78, 5) is 49.2. The van der Waals surface area contributed by atoms with Crippen molar-refractivity contribution in [1.29, 1.82) is 0 Å². The van der Waals surface area contributed by atoms with E-state index in [0.717, 1.165) is 5.56 Å². The van der Waals surface area contributed by atoms with E-state index in [9.17, 15) is 19.5 Å². The molecule has 4 aliphatic heterocycles. The van der Waals surface area contributed by atoms with Crippen LogP contribution in [0.15, 0.2) is 78.9 Å². The van der Waals surface area contributed by atoms with Gasteiger partial charge in [-0.05, 0) is 36.5 Å². The molecule has 4 heterocycles. The molecule has 44 heavy (non-hydrogen) atoms. The number of aliphatic hydroxyl groups is 1. The van der Waals surface area contributed by atoms with E-state index >= 15 is 0 Å². The number of benzene rings is 2. The van der Waals surface area contributed by atoms with Crippen LogP contribution >= 0.6 is 11.6 Å². The number of anilines is 1. The molecule has 8 nitrogen and oxygen atoms in total. The van der Waals surface area contributed by atoms with E-state index in [-0.39, 0.29) is 36.8 Å². The van der Waals surface area contributed by atoms with Crippen LogP contribution in [0.4, 0.5) is 5.69 Å². The van der Waals surface area contributed by atoms with Crippen molar-refractivity contribution in [3.63, 3.8) is 0 Å². The van der Waals surface area contributed by atoms with Crippen LogP contribution < -0.4 is 4.90 Å². The number of rotatable bonds is 8. The highest BCUT2D eigenvalue weighted by Gasteiger charge is 2.76. The predicted molar refractivity (Wildman–Crippen MR) is 169 cm³/mol. The Balaban J connectivity index is 1.49. The number of halogens is 1. The first-order valence-corrected chi connectivity index (χ1v) is 15.9. The number of nitrogens with zero attached hydrogens (tertiary/aromatic N) is 3. The lowest BCUT2D eigenvalue weighted by Gasteiger charge is -2.41. The average Bonchev–Trinajstić information content (AvgIpc) is 3.32. The first kappa shape index (κ1) is 30.6. The van der Waals surface area contributed by atoms with Crippen LogP contribution in [-0.2, 0) is 25.7 Å². The van der Waals surface area contributed by atoms with Gasteiger partial charge in [-0.2, -0.15) is 0 Å². The second kappa shape index (κ2) is 11.8. The smallest absolute Gasteiger partial charge is 0.253 e. The van der Waals surface area contributed by atoms with Crippen molar-refractivity contribution in [3.05, 3.63) is 89.5 Å². The van der Waals surface area contributed by atoms with Crippen molar-refractivity contribution in [3.8, 4) is 0 Å². The van der Waals surface area contributed by atoms with Crippen LogP contribution in [-0.4, -0.2) is 75.6 Å². The third-order valence-electron chi connectivity index (χ3n) is 9.67. The number of likely N-dealkylation sites (tertiary alicyclic amines) is 1. The van der Waals surface area contributed by atoms with Crippen molar-refractivity contribution in [2.24, 2.45) is 17.8 Å². The minimum absolute atomic E-state index is 0.145. The summed E-state index contributed by atoms with van der Waals surface area (Å²) in [6, 6.07) is 15.2. The highest BCUT2D eigenvalue weighted by Crippen LogP contribution is 2.59. The fourth-order valence-electron chi connectivity index (χ4n) is 7.80. The SMILES string of the molecule is CC[C@]12C=CCN(Cc3ccccc3)C(=O)[C@H]1[C@H]1C(=O)N([C@@H](CO)CC(C)C)C3C(=O)N(c4ccccc4Cl)CC=C[C@@]31O2. The number of aliphatic hydroxyl groups excluding tert-OH is 1. The van der Waals surface area contributed by atoms with Gasteiger partial charge >= 0.3 is 0 Å². The number of hydrogen-bond donors (Lipinski definition) is 1. The average molecular weight is 618 g/mol. The number of fused-ring (bicyclic) bond motifs is 2. The van der Waals surface area contributed by atoms with E-state index in [1.807, 2.05) is 81.5 Å². The number of carbonyl (C=O) groups is 3. The lowest BCUT2D eigenvalue weighted by atomic mass is 9.73. The molecule has 2 aromatic rings. The standard InChI is InChI=1S/C35H40ClN3O5/c1-4-34-16-10-18-37(21-24-12-6-5-7-13-24)31(41)28(34)29-32(42)39(25(22-40)20-23(2)3)30-33(43)38(19-11-17-35(29,30)44-34)27-15-9-8-14-26(27)36/h5-17,23,25,28-30,40H,4,18-22H2,1-3H3/t25-,28-,29+,30?,34+,35+/m1/s1. The molecule has 1 spiro atoms. The van der Waals surface area contributed by atoms with Crippen molar-refractivity contribution >= 4 is 35.0 Å². The Hall–Kier alpha value is -3.46. The Kier molecular flexibility index (Phi) is 8.20. The van der Waals surface area contributed by atoms with Crippen LogP contribution in [0.2, 0.25) is 5.02 Å². The van der Waals surface area contributed by atoms with E-state index in [1.54, 1.807) is 28.0 Å². The Labute approximate surface area is 263 Å². The van der Waals surface area contributed by atoms with Crippen LogP contribution in [0.3, 0.4) is 0 Å². The zero-order valence-corrected chi connectivity index (χ0v) is 26.2. The molecular formula is C35H40ClN3O5. The summed E-state index contributed by atoms with van der Waals surface area (Å²) in [7, 11) is 0. The largest absolute Gasteiger partial charge is 0.394 e. The monoisotopic (exact) mass is 617 g/mol. The molecule has 2 fully saturated rings. The highest BCUT2D eigenvalue weighted by atomic mass is 35.5. The maximum Gasteiger partial charge on any atom is 0.253 e. The maximum atomic E-state index is 14.8.